The number of nitrogens with zero attached hydrogens (tertiary/aromatic N) is 4. The average molecular weight is 447 g/mol. The monoisotopic (exact) mass is 447 g/mol. The number of hydrogen-bond acceptors (Lipinski definition) is 6. The molecule has 0 saturated heterocycles. The number of aryl methyl sites for hydroxylation is 1. The molecule has 1 N–H and O–H groups in total. The van der Waals surface area contributed by atoms with Crippen molar-refractivity contribution in [2.45, 2.75) is 46.8 Å². The summed E-state index contributed by atoms with van der Waals surface area (Å²) in [5.41, 5.74) is 1.46. The van der Waals surface area contributed by atoms with Crippen LogP contribution in [-0.4, -0.2) is 30.9 Å². The van der Waals surface area contributed by atoms with E-state index in [9.17, 15) is 14.4 Å². The van der Waals surface area contributed by atoms with E-state index in [-0.39, 0.29) is 23.9 Å². The molecule has 0 fully saturated rings. The molecular weight excluding hydrogens is 422 g/mol. The van der Waals surface area contributed by atoms with E-state index in [1.807, 2.05) is 32.0 Å². The van der Waals surface area contributed by atoms with E-state index in [2.05, 4.69) is 15.5 Å². The number of ether oxygens (including phenoxy) is 1. The molecule has 9 nitrogen and oxygen atoms in total. The van der Waals surface area contributed by atoms with Crippen molar-refractivity contribution < 1.29 is 14.3 Å². The molecule has 4 rings (SSSR count). The molecule has 0 radical (unpaired) electrons. The van der Waals surface area contributed by atoms with E-state index in [0.717, 1.165) is 6.42 Å². The van der Waals surface area contributed by atoms with E-state index in [1.165, 1.54) is 6.92 Å². The van der Waals surface area contributed by atoms with E-state index in [4.69, 9.17) is 4.74 Å². The number of anilines is 1. The van der Waals surface area contributed by atoms with E-state index >= 15 is 0 Å². The predicted octanol–water partition coefficient (Wildman–Crippen LogP) is 3.58. The van der Waals surface area contributed by atoms with Gasteiger partial charge < -0.3 is 10.1 Å². The minimum Gasteiger partial charge on any atom is -0.485 e. The number of aromatic nitrogens is 4. The quantitative estimate of drug-likeness (QED) is 0.414. The molecule has 0 aliphatic rings. The van der Waals surface area contributed by atoms with Gasteiger partial charge in [0.25, 0.3) is 5.56 Å². The summed E-state index contributed by atoms with van der Waals surface area (Å²) in [5, 5.41) is 11.8. The summed E-state index contributed by atoms with van der Waals surface area (Å²) in [6.07, 6.45) is 1.14. The molecule has 2 aromatic heterocycles. The van der Waals surface area contributed by atoms with Gasteiger partial charge in [-0.25, -0.2) is 0 Å². The molecule has 33 heavy (non-hydrogen) atoms. The first-order chi connectivity index (χ1) is 15.9. The Balaban J connectivity index is 1.69. The Morgan fingerprint density at radius 2 is 1.88 bits per heavy atom. The lowest BCUT2D eigenvalue weighted by Crippen LogP contribution is -2.22. The van der Waals surface area contributed by atoms with Crippen molar-refractivity contribution in [3.05, 3.63) is 64.2 Å². The highest BCUT2D eigenvalue weighted by Gasteiger charge is 2.17. The zero-order valence-electron chi connectivity index (χ0n) is 18.8. The summed E-state index contributed by atoms with van der Waals surface area (Å²) < 4.78 is 9.33. The average Bonchev–Trinajstić information content (AvgIpc) is 3.22. The zero-order chi connectivity index (χ0) is 23.5. The van der Waals surface area contributed by atoms with Gasteiger partial charge in [-0.2, -0.15) is 0 Å². The lowest BCUT2D eigenvalue weighted by molar-refractivity contribution is -0.116. The summed E-state index contributed by atoms with van der Waals surface area (Å²) >= 11 is 0. The molecule has 0 spiro atoms. The number of rotatable bonds is 8. The van der Waals surface area contributed by atoms with Crippen LogP contribution in [0.4, 0.5) is 5.69 Å². The van der Waals surface area contributed by atoms with Crippen LogP contribution in [0.5, 0.6) is 5.75 Å². The topological polar surface area (TPSA) is 108 Å². The maximum atomic E-state index is 12.8. The number of carbonyl (C=O) groups is 2. The van der Waals surface area contributed by atoms with Crippen LogP contribution in [0, 0.1) is 0 Å². The zero-order valence-corrected chi connectivity index (χ0v) is 18.8. The Bertz CT molecular complexity index is 1420. The highest BCUT2D eigenvalue weighted by molar-refractivity contribution is 5.99. The van der Waals surface area contributed by atoms with Crippen LogP contribution in [-0.2, 0) is 17.9 Å². The van der Waals surface area contributed by atoms with Gasteiger partial charge in [-0.15, -0.1) is 10.2 Å². The van der Waals surface area contributed by atoms with Crippen molar-refractivity contribution in [2.24, 2.45) is 0 Å². The van der Waals surface area contributed by atoms with Gasteiger partial charge in [0.15, 0.2) is 11.6 Å². The number of carbonyl (C=O) groups excluding carboxylic acids is 2. The van der Waals surface area contributed by atoms with Crippen LogP contribution in [0.15, 0.2) is 47.3 Å². The molecule has 2 aromatic carbocycles. The third kappa shape index (κ3) is 4.21. The number of amides is 1. The van der Waals surface area contributed by atoms with Crippen molar-refractivity contribution in [3.8, 4) is 5.75 Å². The van der Waals surface area contributed by atoms with Crippen molar-refractivity contribution in [1.29, 1.82) is 0 Å². The molecule has 170 valence electrons. The lowest BCUT2D eigenvalue weighted by Gasteiger charge is -2.13. The lowest BCUT2D eigenvalue weighted by atomic mass is 10.1. The fourth-order valence-corrected chi connectivity index (χ4v) is 3.79. The molecular formula is C24H25N5O4. The SMILES string of the molecule is CCCC(=O)Nc1ccc(OCc2nnc3n(CC)c(=O)c4ccccc4n23)c(C(C)=O)c1. The predicted molar refractivity (Wildman–Crippen MR) is 125 cm³/mol. The van der Waals surface area contributed by atoms with Crippen LogP contribution in [0.3, 0.4) is 0 Å². The van der Waals surface area contributed by atoms with Crippen molar-refractivity contribution >= 4 is 34.1 Å². The van der Waals surface area contributed by atoms with Crippen LogP contribution < -0.4 is 15.6 Å². The van der Waals surface area contributed by atoms with E-state index < -0.39 is 0 Å². The van der Waals surface area contributed by atoms with Crippen molar-refractivity contribution in [2.75, 3.05) is 5.32 Å². The first-order valence-corrected chi connectivity index (χ1v) is 10.9. The second kappa shape index (κ2) is 9.23. The molecule has 2 heterocycles. The number of nitrogens with one attached hydrogen (secondary N) is 1. The number of hydrogen-bond donors (Lipinski definition) is 1. The first kappa shape index (κ1) is 22.2. The van der Waals surface area contributed by atoms with E-state index in [0.29, 0.717) is 52.5 Å². The first-order valence-electron chi connectivity index (χ1n) is 10.9. The maximum absolute atomic E-state index is 12.8. The van der Waals surface area contributed by atoms with Crippen LogP contribution >= 0.6 is 0 Å². The smallest absolute Gasteiger partial charge is 0.262 e. The van der Waals surface area contributed by atoms with Gasteiger partial charge >= 0.3 is 0 Å². The molecule has 0 bridgehead atoms. The van der Waals surface area contributed by atoms with Gasteiger partial charge in [0.2, 0.25) is 11.7 Å². The molecule has 0 aliphatic heterocycles. The summed E-state index contributed by atoms with van der Waals surface area (Å²) in [6, 6.07) is 12.2. The number of Topliss-reactive ketones (excluding diaryl/α,β-unsaturated/α-hetero) is 1. The third-order valence-electron chi connectivity index (χ3n) is 5.37. The highest BCUT2D eigenvalue weighted by atomic mass is 16.5. The number of fused-ring (bicyclic) bond motifs is 3. The fraction of sp³-hybridized carbons (Fsp3) is 0.292. The number of benzene rings is 2. The molecule has 0 atom stereocenters. The molecule has 0 unspecified atom stereocenters. The van der Waals surface area contributed by atoms with Crippen molar-refractivity contribution in [1.82, 2.24) is 19.2 Å². The highest BCUT2D eigenvalue weighted by Crippen LogP contribution is 2.25. The van der Waals surface area contributed by atoms with Gasteiger partial charge in [0, 0.05) is 18.7 Å². The number of ketones is 1. The molecule has 4 aromatic rings. The summed E-state index contributed by atoms with van der Waals surface area (Å²) in [5.74, 6) is 1.01. The Morgan fingerprint density at radius 1 is 1.09 bits per heavy atom. The van der Waals surface area contributed by atoms with E-state index in [1.54, 1.807) is 33.2 Å². The third-order valence-corrected chi connectivity index (χ3v) is 5.37. The molecule has 0 saturated carbocycles. The second-order valence-corrected chi connectivity index (χ2v) is 7.67. The van der Waals surface area contributed by atoms with Crippen LogP contribution in [0.25, 0.3) is 16.7 Å². The Hall–Kier alpha value is -4.01. The molecule has 0 aliphatic carbocycles. The van der Waals surface area contributed by atoms with Crippen LogP contribution in [0.2, 0.25) is 0 Å². The standard InChI is InChI=1S/C24H25N5O4/c1-4-8-22(31)25-16-11-12-20(18(13-16)15(3)30)33-14-21-26-27-24-28(5-2)23(32)17-9-6-7-10-19(17)29(21)24/h6-7,9-13H,4-5,8,14H2,1-3H3,(H,25,31). The summed E-state index contributed by atoms with van der Waals surface area (Å²) in [4.78, 5) is 36.9. The largest absolute Gasteiger partial charge is 0.485 e. The molecule has 1 amide bonds. The van der Waals surface area contributed by atoms with Gasteiger partial charge in [-0.1, -0.05) is 19.1 Å². The number of para-hydroxylation sites is 1. The van der Waals surface area contributed by atoms with Gasteiger partial charge in [-0.3, -0.25) is 23.4 Å². The normalized spacial score (nSPS) is 11.1. The van der Waals surface area contributed by atoms with Crippen LogP contribution in [0.1, 0.15) is 49.8 Å². The van der Waals surface area contributed by atoms with Gasteiger partial charge in [0.05, 0.1) is 16.5 Å². The minimum absolute atomic E-state index is 0.0366. The van der Waals surface area contributed by atoms with Gasteiger partial charge in [-0.05, 0) is 50.6 Å². The molecule has 9 heteroatoms. The Morgan fingerprint density at radius 3 is 2.61 bits per heavy atom. The van der Waals surface area contributed by atoms with Gasteiger partial charge in [0.1, 0.15) is 12.4 Å². The Labute approximate surface area is 190 Å². The van der Waals surface area contributed by atoms with Crippen molar-refractivity contribution in [3.63, 3.8) is 0 Å². The maximum Gasteiger partial charge on any atom is 0.262 e. The second-order valence-electron chi connectivity index (χ2n) is 7.67. The Kier molecular flexibility index (Phi) is 6.21. The summed E-state index contributed by atoms with van der Waals surface area (Å²) in [6.45, 7) is 5.73. The fourth-order valence-electron chi connectivity index (χ4n) is 3.79. The minimum atomic E-state index is -0.187. The summed E-state index contributed by atoms with van der Waals surface area (Å²) in [7, 11) is 0.